The molecule has 0 spiro atoms. The lowest BCUT2D eigenvalue weighted by Crippen LogP contribution is -2.20. The van der Waals surface area contributed by atoms with E-state index in [1.54, 1.807) is 11.3 Å². The monoisotopic (exact) mass is 215 g/mol. The van der Waals surface area contributed by atoms with Gasteiger partial charge >= 0.3 is 0 Å². The average Bonchev–Trinajstić information content (AvgIpc) is 2.48. The molecular weight excluding hydrogens is 198 g/mol. The lowest BCUT2D eigenvalue weighted by atomic mass is 10.2. The number of thiazole rings is 1. The van der Waals surface area contributed by atoms with Crippen LogP contribution in [0.15, 0.2) is 5.38 Å². The first kappa shape index (κ1) is 11.6. The largest absolute Gasteiger partial charge is 0.390 e. The van der Waals surface area contributed by atoms with Gasteiger partial charge in [-0.05, 0) is 20.8 Å². The fourth-order valence-corrected chi connectivity index (χ4v) is 1.73. The number of aliphatic hydroxyl groups excluding tert-OH is 1. The number of aliphatic hydroxyl groups is 1. The van der Waals surface area contributed by atoms with Crippen molar-refractivity contribution in [3.8, 4) is 0 Å². The molecule has 0 amide bonds. The summed E-state index contributed by atoms with van der Waals surface area (Å²) >= 11 is 1.61. The first-order chi connectivity index (χ1) is 6.58. The summed E-state index contributed by atoms with van der Waals surface area (Å²) in [6.07, 6.45) is 0.303. The first-order valence-electron chi connectivity index (χ1n) is 4.78. The predicted octanol–water partition coefficient (Wildman–Crippen LogP) is 1.78. The molecule has 0 aromatic carbocycles. The van der Waals surface area contributed by atoms with Crippen molar-refractivity contribution in [2.75, 3.05) is 6.61 Å². The maximum absolute atomic E-state index is 9.60. The maximum Gasteiger partial charge on any atom is 0.0897 e. The Balaban J connectivity index is 2.30. The molecule has 1 aromatic rings. The Hall–Kier alpha value is -0.450. The highest BCUT2D eigenvalue weighted by Crippen LogP contribution is 2.10. The van der Waals surface area contributed by atoms with Crippen molar-refractivity contribution in [1.82, 2.24) is 4.98 Å². The molecule has 0 aliphatic rings. The normalized spacial score (nSPS) is 13.5. The number of nitrogens with zero attached hydrogens (tertiary/aromatic N) is 1. The quantitative estimate of drug-likeness (QED) is 0.814. The summed E-state index contributed by atoms with van der Waals surface area (Å²) in [7, 11) is 0. The summed E-state index contributed by atoms with van der Waals surface area (Å²) in [4.78, 5) is 4.28. The standard InChI is InChI=1S/C10H17NO2S/c1-7(2)13-5-10(12)4-9-6-14-8(3)11-9/h6-7,10,12H,4-5H2,1-3H3. The van der Waals surface area contributed by atoms with Crippen LogP contribution in [0.3, 0.4) is 0 Å². The Morgan fingerprint density at radius 1 is 1.57 bits per heavy atom. The first-order valence-corrected chi connectivity index (χ1v) is 5.66. The second kappa shape index (κ2) is 5.44. The molecule has 0 bridgehead atoms. The van der Waals surface area contributed by atoms with Gasteiger partial charge in [0.25, 0.3) is 0 Å². The molecule has 1 atom stereocenters. The molecule has 1 rings (SSSR count). The average molecular weight is 215 g/mol. The van der Waals surface area contributed by atoms with Gasteiger partial charge in [0.05, 0.1) is 29.5 Å². The van der Waals surface area contributed by atoms with E-state index in [9.17, 15) is 5.11 Å². The van der Waals surface area contributed by atoms with Crippen LogP contribution in [0.2, 0.25) is 0 Å². The van der Waals surface area contributed by atoms with Crippen molar-refractivity contribution >= 4 is 11.3 Å². The number of ether oxygens (including phenoxy) is 1. The van der Waals surface area contributed by atoms with Crippen LogP contribution in [0.1, 0.15) is 24.5 Å². The highest BCUT2D eigenvalue weighted by Gasteiger charge is 2.08. The van der Waals surface area contributed by atoms with Gasteiger partial charge in [-0.3, -0.25) is 0 Å². The van der Waals surface area contributed by atoms with Crippen LogP contribution in [-0.2, 0) is 11.2 Å². The van der Waals surface area contributed by atoms with Crippen molar-refractivity contribution in [3.05, 3.63) is 16.1 Å². The van der Waals surface area contributed by atoms with Gasteiger partial charge in [0, 0.05) is 11.8 Å². The summed E-state index contributed by atoms with van der Waals surface area (Å²) in [6, 6.07) is 0. The van der Waals surface area contributed by atoms with Crippen molar-refractivity contribution in [2.24, 2.45) is 0 Å². The fraction of sp³-hybridized carbons (Fsp3) is 0.700. The molecule has 0 aliphatic heterocycles. The molecule has 0 saturated carbocycles. The summed E-state index contributed by atoms with van der Waals surface area (Å²) in [6.45, 7) is 6.26. The summed E-state index contributed by atoms with van der Waals surface area (Å²) in [5.74, 6) is 0. The van der Waals surface area contributed by atoms with E-state index < -0.39 is 6.10 Å². The molecule has 3 nitrogen and oxygen atoms in total. The van der Waals surface area contributed by atoms with Crippen LogP contribution in [0.5, 0.6) is 0 Å². The van der Waals surface area contributed by atoms with E-state index in [0.717, 1.165) is 10.7 Å². The van der Waals surface area contributed by atoms with Gasteiger partial charge in [-0.2, -0.15) is 0 Å². The second-order valence-electron chi connectivity index (χ2n) is 3.60. The van der Waals surface area contributed by atoms with Crippen LogP contribution in [0.25, 0.3) is 0 Å². The van der Waals surface area contributed by atoms with Crippen molar-refractivity contribution in [1.29, 1.82) is 0 Å². The van der Waals surface area contributed by atoms with Gasteiger partial charge in [-0.15, -0.1) is 11.3 Å². The van der Waals surface area contributed by atoms with E-state index in [-0.39, 0.29) is 6.10 Å². The molecule has 1 N–H and O–H groups in total. The number of aryl methyl sites for hydroxylation is 1. The Labute approximate surface area is 88.8 Å². The van der Waals surface area contributed by atoms with Crippen molar-refractivity contribution < 1.29 is 9.84 Å². The molecule has 1 heterocycles. The van der Waals surface area contributed by atoms with Crippen molar-refractivity contribution in [2.45, 2.75) is 39.4 Å². The van der Waals surface area contributed by atoms with Crippen LogP contribution in [0, 0.1) is 6.92 Å². The van der Waals surface area contributed by atoms with Gasteiger partial charge < -0.3 is 9.84 Å². The smallest absolute Gasteiger partial charge is 0.0897 e. The van der Waals surface area contributed by atoms with E-state index >= 15 is 0 Å². The molecule has 1 aromatic heterocycles. The number of rotatable bonds is 5. The van der Waals surface area contributed by atoms with Gasteiger partial charge in [0.15, 0.2) is 0 Å². The topological polar surface area (TPSA) is 42.4 Å². The Morgan fingerprint density at radius 2 is 2.29 bits per heavy atom. The fourth-order valence-electron chi connectivity index (χ4n) is 1.11. The zero-order chi connectivity index (χ0) is 10.6. The lowest BCUT2D eigenvalue weighted by Gasteiger charge is -2.12. The molecular formula is C10H17NO2S. The Morgan fingerprint density at radius 3 is 2.79 bits per heavy atom. The van der Waals surface area contributed by atoms with E-state index in [2.05, 4.69) is 4.98 Å². The SMILES string of the molecule is Cc1nc(CC(O)COC(C)C)cs1. The second-order valence-corrected chi connectivity index (χ2v) is 4.66. The molecule has 0 saturated heterocycles. The molecule has 80 valence electrons. The summed E-state index contributed by atoms with van der Waals surface area (Å²) in [5.41, 5.74) is 0.951. The van der Waals surface area contributed by atoms with Gasteiger partial charge in [-0.25, -0.2) is 4.98 Å². The zero-order valence-corrected chi connectivity index (χ0v) is 9.67. The van der Waals surface area contributed by atoms with Crippen LogP contribution >= 0.6 is 11.3 Å². The Kier molecular flexibility index (Phi) is 4.51. The Bertz CT molecular complexity index is 273. The van der Waals surface area contributed by atoms with Crippen LogP contribution < -0.4 is 0 Å². The van der Waals surface area contributed by atoms with Crippen LogP contribution in [0.4, 0.5) is 0 Å². The number of aromatic nitrogens is 1. The predicted molar refractivity (Wildman–Crippen MR) is 57.6 cm³/mol. The van der Waals surface area contributed by atoms with Gasteiger partial charge in [0.1, 0.15) is 0 Å². The number of hydrogen-bond donors (Lipinski definition) is 1. The minimum atomic E-state index is -0.445. The van der Waals surface area contributed by atoms with E-state index in [0.29, 0.717) is 13.0 Å². The van der Waals surface area contributed by atoms with Crippen LogP contribution in [-0.4, -0.2) is 28.9 Å². The summed E-state index contributed by atoms with van der Waals surface area (Å²) < 4.78 is 5.31. The highest BCUT2D eigenvalue weighted by atomic mass is 32.1. The molecule has 0 fully saturated rings. The van der Waals surface area contributed by atoms with Gasteiger partial charge in [-0.1, -0.05) is 0 Å². The van der Waals surface area contributed by atoms with E-state index in [1.165, 1.54) is 0 Å². The highest BCUT2D eigenvalue weighted by molar-refractivity contribution is 7.09. The third-order valence-electron chi connectivity index (χ3n) is 1.73. The molecule has 14 heavy (non-hydrogen) atoms. The minimum Gasteiger partial charge on any atom is -0.390 e. The van der Waals surface area contributed by atoms with E-state index in [4.69, 9.17) is 4.74 Å². The third-order valence-corrected chi connectivity index (χ3v) is 2.56. The maximum atomic E-state index is 9.60. The van der Waals surface area contributed by atoms with E-state index in [1.807, 2.05) is 26.2 Å². The lowest BCUT2D eigenvalue weighted by molar-refractivity contribution is 0.00591. The third kappa shape index (κ3) is 4.17. The molecule has 0 radical (unpaired) electrons. The minimum absolute atomic E-state index is 0.168. The van der Waals surface area contributed by atoms with Crippen molar-refractivity contribution in [3.63, 3.8) is 0 Å². The number of hydrogen-bond acceptors (Lipinski definition) is 4. The molecule has 0 aliphatic carbocycles. The molecule has 4 heteroatoms. The molecule has 1 unspecified atom stereocenters. The van der Waals surface area contributed by atoms with Gasteiger partial charge in [0.2, 0.25) is 0 Å². The zero-order valence-electron chi connectivity index (χ0n) is 8.86. The summed E-state index contributed by atoms with van der Waals surface area (Å²) in [5, 5.41) is 12.6.